The third-order valence-electron chi connectivity index (χ3n) is 2.96. The highest BCUT2D eigenvalue weighted by Crippen LogP contribution is 2.29. The van der Waals surface area contributed by atoms with E-state index >= 15 is 0 Å². The van der Waals surface area contributed by atoms with E-state index < -0.39 is 16.1 Å². The minimum Gasteiger partial charge on any atom is -0.466 e. The third-order valence-corrected chi connectivity index (χ3v) is 6.90. The van der Waals surface area contributed by atoms with E-state index in [9.17, 15) is 13.5 Å². The fourth-order valence-corrected chi connectivity index (χ4v) is 4.96. The van der Waals surface area contributed by atoms with Gasteiger partial charge in [-0.2, -0.15) is 0 Å². The van der Waals surface area contributed by atoms with Crippen molar-refractivity contribution in [2.45, 2.75) is 16.9 Å². The molecule has 2 N–H and O–H groups in total. The first-order valence-electron chi connectivity index (χ1n) is 6.39. The quantitative estimate of drug-likeness (QED) is 0.712. The lowest BCUT2D eigenvalue weighted by Crippen LogP contribution is -2.21. The molecule has 0 spiro atoms. The number of hydrogen-bond donors (Lipinski definition) is 2. The van der Waals surface area contributed by atoms with E-state index in [0.717, 1.165) is 4.88 Å². The molecule has 0 amide bonds. The highest BCUT2D eigenvalue weighted by Gasteiger charge is 2.18. The Bertz CT molecular complexity index is 819. The molecule has 0 aromatic carbocycles. The predicted octanol–water partition coefficient (Wildman–Crippen LogP) is 2.96. The van der Waals surface area contributed by atoms with E-state index in [0.29, 0.717) is 14.8 Å². The van der Waals surface area contributed by atoms with Crippen LogP contribution in [0.25, 0.3) is 0 Å². The van der Waals surface area contributed by atoms with Crippen molar-refractivity contribution < 1.29 is 17.9 Å². The third kappa shape index (κ3) is 3.31. The zero-order valence-electron chi connectivity index (χ0n) is 11.3. The topological polar surface area (TPSA) is 79.5 Å². The molecule has 0 fully saturated rings. The molecule has 3 heterocycles. The van der Waals surface area contributed by atoms with Crippen molar-refractivity contribution in [1.82, 2.24) is 4.72 Å². The summed E-state index contributed by atoms with van der Waals surface area (Å²) >= 11 is 2.52. The number of sulfonamides is 1. The number of hydrogen-bond acceptors (Lipinski definition) is 6. The second kappa shape index (κ2) is 6.35. The summed E-state index contributed by atoms with van der Waals surface area (Å²) in [5, 5.41) is 11.9. The average molecular weight is 355 g/mol. The summed E-state index contributed by atoms with van der Waals surface area (Å²) in [5.74, 6) is 0.465. The molecule has 0 saturated heterocycles. The molecule has 22 heavy (non-hydrogen) atoms. The van der Waals surface area contributed by atoms with Crippen LogP contribution in [-0.2, 0) is 16.6 Å². The van der Waals surface area contributed by atoms with Gasteiger partial charge in [0, 0.05) is 16.3 Å². The van der Waals surface area contributed by atoms with Crippen LogP contribution < -0.4 is 4.72 Å². The van der Waals surface area contributed by atoms with Gasteiger partial charge >= 0.3 is 0 Å². The Morgan fingerprint density at radius 3 is 2.77 bits per heavy atom. The zero-order valence-corrected chi connectivity index (χ0v) is 13.7. The predicted molar refractivity (Wildman–Crippen MR) is 85.4 cm³/mol. The Morgan fingerprint density at radius 1 is 1.23 bits per heavy atom. The van der Waals surface area contributed by atoms with Crippen molar-refractivity contribution in [3.63, 3.8) is 0 Å². The lowest BCUT2D eigenvalue weighted by Gasteiger charge is -2.04. The number of aliphatic hydroxyl groups is 1. The summed E-state index contributed by atoms with van der Waals surface area (Å²) < 4.78 is 32.1. The molecule has 8 heteroatoms. The molecule has 0 saturated carbocycles. The monoisotopic (exact) mass is 355 g/mol. The van der Waals surface area contributed by atoms with E-state index in [4.69, 9.17) is 4.42 Å². The normalized spacial score (nSPS) is 13.3. The van der Waals surface area contributed by atoms with Gasteiger partial charge in [0.1, 0.15) is 16.1 Å². The maximum Gasteiger partial charge on any atom is 0.250 e. The van der Waals surface area contributed by atoms with Crippen LogP contribution in [0, 0.1) is 0 Å². The number of aliphatic hydroxyl groups excluding tert-OH is 1. The maximum atomic E-state index is 12.0. The summed E-state index contributed by atoms with van der Waals surface area (Å²) in [6.45, 7) is 0.190. The molecule has 0 bridgehead atoms. The summed E-state index contributed by atoms with van der Waals surface area (Å²) in [6, 6.07) is 10.2. The van der Waals surface area contributed by atoms with Gasteiger partial charge in [-0.1, -0.05) is 6.07 Å². The zero-order chi connectivity index (χ0) is 15.6. The number of furan rings is 1. The molecule has 3 aromatic rings. The van der Waals surface area contributed by atoms with Gasteiger partial charge in [0.05, 0.1) is 6.26 Å². The van der Waals surface area contributed by atoms with Gasteiger partial charge in [0.2, 0.25) is 10.0 Å². The van der Waals surface area contributed by atoms with Crippen LogP contribution in [0.4, 0.5) is 0 Å². The Balaban J connectivity index is 1.68. The standard InChI is InChI=1S/C14H13NO4S3/c16-14(11-3-1-7-19-11)12-6-5-10(21-12)9-15-22(17,18)13-4-2-8-20-13/h1-8,14-16H,9H2. The van der Waals surface area contributed by atoms with Crippen molar-refractivity contribution in [2.24, 2.45) is 0 Å². The van der Waals surface area contributed by atoms with Crippen LogP contribution in [0.1, 0.15) is 21.6 Å². The summed E-state index contributed by atoms with van der Waals surface area (Å²) in [6.07, 6.45) is 0.671. The molecule has 116 valence electrons. The van der Waals surface area contributed by atoms with Gasteiger partial charge in [0.25, 0.3) is 0 Å². The Kier molecular flexibility index (Phi) is 4.46. The van der Waals surface area contributed by atoms with E-state index in [-0.39, 0.29) is 6.54 Å². The minimum absolute atomic E-state index is 0.190. The molecule has 3 aromatic heterocycles. The van der Waals surface area contributed by atoms with E-state index in [2.05, 4.69) is 4.72 Å². The lowest BCUT2D eigenvalue weighted by atomic mass is 10.2. The Hall–Kier alpha value is -1.45. The maximum absolute atomic E-state index is 12.0. The molecule has 0 aliphatic heterocycles. The lowest BCUT2D eigenvalue weighted by molar-refractivity contribution is 0.193. The van der Waals surface area contributed by atoms with Crippen LogP contribution in [0.2, 0.25) is 0 Å². The molecule has 1 unspecified atom stereocenters. The minimum atomic E-state index is -3.48. The second-order valence-electron chi connectivity index (χ2n) is 4.48. The van der Waals surface area contributed by atoms with E-state index in [1.807, 2.05) is 0 Å². The molecular weight excluding hydrogens is 342 g/mol. The number of thiophene rings is 2. The first-order valence-corrected chi connectivity index (χ1v) is 9.57. The van der Waals surface area contributed by atoms with E-state index in [1.165, 1.54) is 28.9 Å². The Labute approximate surface area is 135 Å². The van der Waals surface area contributed by atoms with Gasteiger partial charge in [-0.05, 0) is 35.7 Å². The largest absolute Gasteiger partial charge is 0.466 e. The molecule has 1 atom stereocenters. The highest BCUT2D eigenvalue weighted by molar-refractivity contribution is 7.91. The SMILES string of the molecule is O=S(=O)(NCc1ccc(C(O)c2ccco2)s1)c1cccs1. The molecular formula is C14H13NO4S3. The van der Waals surface area contributed by atoms with Gasteiger partial charge in [-0.25, -0.2) is 13.1 Å². The summed E-state index contributed by atoms with van der Waals surface area (Å²) in [5.41, 5.74) is 0. The smallest absolute Gasteiger partial charge is 0.250 e. The van der Waals surface area contributed by atoms with E-state index in [1.54, 1.807) is 41.8 Å². The molecule has 5 nitrogen and oxygen atoms in total. The van der Waals surface area contributed by atoms with Crippen LogP contribution in [0.3, 0.4) is 0 Å². The van der Waals surface area contributed by atoms with Gasteiger partial charge in [-0.3, -0.25) is 0 Å². The van der Waals surface area contributed by atoms with Crippen LogP contribution >= 0.6 is 22.7 Å². The first-order chi connectivity index (χ1) is 10.6. The molecule has 0 aliphatic carbocycles. The molecule has 3 rings (SSSR count). The average Bonchev–Trinajstić information content (AvgIpc) is 3.26. The van der Waals surface area contributed by atoms with Crippen molar-refractivity contribution in [3.05, 3.63) is 63.6 Å². The molecule has 0 aliphatic rings. The Morgan fingerprint density at radius 2 is 2.09 bits per heavy atom. The number of rotatable bonds is 6. The van der Waals surface area contributed by atoms with Gasteiger partial charge < -0.3 is 9.52 Å². The summed E-state index contributed by atoms with van der Waals surface area (Å²) in [7, 11) is -3.48. The van der Waals surface area contributed by atoms with Gasteiger partial charge in [0.15, 0.2) is 0 Å². The fraction of sp³-hybridized carbons (Fsp3) is 0.143. The van der Waals surface area contributed by atoms with Gasteiger partial charge in [-0.15, -0.1) is 22.7 Å². The molecule has 0 radical (unpaired) electrons. The summed E-state index contributed by atoms with van der Waals surface area (Å²) in [4.78, 5) is 1.53. The highest BCUT2D eigenvalue weighted by atomic mass is 32.2. The van der Waals surface area contributed by atoms with Crippen molar-refractivity contribution in [3.8, 4) is 0 Å². The number of nitrogens with one attached hydrogen (secondary N) is 1. The fourth-order valence-electron chi connectivity index (χ4n) is 1.88. The van der Waals surface area contributed by atoms with Crippen LogP contribution in [0.15, 0.2) is 56.7 Å². The van der Waals surface area contributed by atoms with Crippen LogP contribution in [0.5, 0.6) is 0 Å². The van der Waals surface area contributed by atoms with Crippen molar-refractivity contribution in [1.29, 1.82) is 0 Å². The van der Waals surface area contributed by atoms with Crippen molar-refractivity contribution in [2.75, 3.05) is 0 Å². The van der Waals surface area contributed by atoms with Crippen molar-refractivity contribution >= 4 is 32.7 Å². The first kappa shape index (κ1) is 15.4. The van der Waals surface area contributed by atoms with Crippen LogP contribution in [-0.4, -0.2) is 13.5 Å². The second-order valence-corrected chi connectivity index (χ2v) is 8.62.